The Hall–Kier alpha value is -2.94. The van der Waals surface area contributed by atoms with Crippen molar-refractivity contribution in [2.75, 3.05) is 25.4 Å². The summed E-state index contributed by atoms with van der Waals surface area (Å²) in [6, 6.07) is 1.33. The van der Waals surface area contributed by atoms with Crippen LogP contribution in [0.15, 0.2) is 47.4 Å². The van der Waals surface area contributed by atoms with Gasteiger partial charge in [0, 0.05) is 37.6 Å². The second-order valence-corrected chi connectivity index (χ2v) is 7.76. The number of allylic oxidation sites excluding steroid dienone is 1. The highest BCUT2D eigenvalue weighted by Crippen LogP contribution is 2.33. The normalized spacial score (nSPS) is 21.3. The van der Waals surface area contributed by atoms with Gasteiger partial charge in [0.1, 0.15) is 12.1 Å². The van der Waals surface area contributed by atoms with Gasteiger partial charge < -0.3 is 15.4 Å². The zero-order valence-corrected chi connectivity index (χ0v) is 17.8. The average molecular weight is 415 g/mol. The molecule has 0 aromatic carbocycles. The molecule has 2 aromatic heterocycles. The number of amides is 1. The lowest BCUT2D eigenvalue weighted by molar-refractivity contribution is -0.0176. The molecule has 1 amide bonds. The molecule has 2 heterocycles. The third-order valence-electron chi connectivity index (χ3n) is 5.35. The van der Waals surface area contributed by atoms with Crippen LogP contribution in [0.2, 0.25) is 0 Å². The molecule has 0 bridgehead atoms. The van der Waals surface area contributed by atoms with E-state index in [2.05, 4.69) is 29.9 Å². The molecule has 0 fully saturated rings. The number of hydrogen-bond donors (Lipinski definition) is 1. The summed E-state index contributed by atoms with van der Waals surface area (Å²) in [7, 11) is 0. The van der Waals surface area contributed by atoms with Crippen LogP contribution in [0, 0.1) is 5.92 Å². The van der Waals surface area contributed by atoms with Crippen LogP contribution in [0.5, 0.6) is 0 Å². The average Bonchev–Trinajstić information content (AvgIpc) is 3.23. The van der Waals surface area contributed by atoms with Crippen molar-refractivity contribution in [3.8, 4) is 0 Å². The Balaban J connectivity index is 1.72. The molecule has 0 aliphatic heterocycles. The van der Waals surface area contributed by atoms with E-state index in [1.807, 2.05) is 6.92 Å². The number of nitrogens with two attached hydrogens (primary N) is 1. The Bertz CT molecular complexity index is 936. The maximum Gasteiger partial charge on any atom is 0.349 e. The highest BCUT2D eigenvalue weighted by molar-refractivity contribution is 5.76. The molecule has 0 spiro atoms. The molecule has 2 aromatic rings. The van der Waals surface area contributed by atoms with E-state index in [1.165, 1.54) is 16.5 Å². The van der Waals surface area contributed by atoms with Gasteiger partial charge in [0.15, 0.2) is 0 Å². The highest BCUT2D eigenvalue weighted by atomic mass is 16.5. The van der Waals surface area contributed by atoms with Crippen LogP contribution in [-0.4, -0.2) is 55.8 Å². The number of carbonyl (C=O) groups is 1. The van der Waals surface area contributed by atoms with E-state index in [4.69, 9.17) is 10.5 Å². The second-order valence-electron chi connectivity index (χ2n) is 7.76. The quantitative estimate of drug-likeness (QED) is 0.697. The SMILES string of the molecule is CCCN(CCOC1C(C)C=C(C)CC1n1ccc(N)nc1=O)C(=O)n1ccnc1. The number of ether oxygens (including phenoxy) is 1. The van der Waals surface area contributed by atoms with Crippen LogP contribution in [0.3, 0.4) is 0 Å². The van der Waals surface area contributed by atoms with Crippen molar-refractivity contribution >= 4 is 11.8 Å². The molecule has 3 atom stereocenters. The molecule has 162 valence electrons. The molecule has 9 heteroatoms. The van der Waals surface area contributed by atoms with Gasteiger partial charge in [0.2, 0.25) is 0 Å². The first-order valence-electron chi connectivity index (χ1n) is 10.3. The minimum Gasteiger partial charge on any atom is -0.383 e. The predicted molar refractivity (Wildman–Crippen MR) is 114 cm³/mol. The zero-order valence-electron chi connectivity index (χ0n) is 17.8. The molecule has 3 unspecified atom stereocenters. The molecule has 3 rings (SSSR count). The van der Waals surface area contributed by atoms with Crippen molar-refractivity contribution in [3.05, 3.63) is 53.1 Å². The van der Waals surface area contributed by atoms with E-state index >= 15 is 0 Å². The maximum atomic E-state index is 12.7. The lowest BCUT2D eigenvalue weighted by atomic mass is 9.85. The summed E-state index contributed by atoms with van der Waals surface area (Å²) in [5, 5.41) is 0. The van der Waals surface area contributed by atoms with Crippen LogP contribution < -0.4 is 11.4 Å². The molecule has 0 saturated carbocycles. The van der Waals surface area contributed by atoms with E-state index in [1.54, 1.807) is 34.1 Å². The molecular formula is C21H30N6O3. The van der Waals surface area contributed by atoms with Crippen LogP contribution >= 0.6 is 0 Å². The second kappa shape index (κ2) is 9.71. The lowest BCUT2D eigenvalue weighted by Gasteiger charge is -2.36. The third kappa shape index (κ3) is 4.96. The Morgan fingerprint density at radius 1 is 1.37 bits per heavy atom. The topological polar surface area (TPSA) is 108 Å². The Labute approximate surface area is 176 Å². The van der Waals surface area contributed by atoms with Gasteiger partial charge in [-0.25, -0.2) is 14.6 Å². The molecule has 1 aliphatic rings. The minimum atomic E-state index is -0.376. The summed E-state index contributed by atoms with van der Waals surface area (Å²) in [4.78, 5) is 34.7. The molecule has 30 heavy (non-hydrogen) atoms. The summed E-state index contributed by atoms with van der Waals surface area (Å²) in [5.41, 5.74) is 6.48. The molecule has 9 nitrogen and oxygen atoms in total. The maximum absolute atomic E-state index is 12.7. The van der Waals surface area contributed by atoms with Gasteiger partial charge in [0.05, 0.1) is 18.8 Å². The molecule has 0 saturated heterocycles. The number of aromatic nitrogens is 4. The van der Waals surface area contributed by atoms with Crippen LogP contribution in [-0.2, 0) is 4.74 Å². The number of anilines is 1. The number of rotatable bonds is 7. The molecule has 2 N–H and O–H groups in total. The van der Waals surface area contributed by atoms with E-state index in [0.717, 1.165) is 6.42 Å². The van der Waals surface area contributed by atoms with Gasteiger partial charge in [-0.15, -0.1) is 0 Å². The van der Waals surface area contributed by atoms with E-state index < -0.39 is 0 Å². The van der Waals surface area contributed by atoms with Crippen LogP contribution in [0.4, 0.5) is 10.6 Å². The molecule has 1 aliphatic carbocycles. The van der Waals surface area contributed by atoms with Gasteiger partial charge in [-0.2, -0.15) is 4.98 Å². The predicted octanol–water partition coefficient (Wildman–Crippen LogP) is 2.31. The standard InChI is InChI=1S/C21H30N6O3/c1-4-7-25(21(29)26-9-6-23-14-26)10-11-30-19-16(3)12-15(2)13-17(19)27-8-5-18(22)24-20(27)28/h5-6,8-9,12,14,16-17,19H,4,7,10-11,13H2,1-3H3,(H2,22,24,28). The van der Waals surface area contributed by atoms with Crippen molar-refractivity contribution < 1.29 is 9.53 Å². The number of nitrogens with zero attached hydrogens (tertiary/aromatic N) is 5. The third-order valence-corrected chi connectivity index (χ3v) is 5.35. The van der Waals surface area contributed by atoms with Crippen molar-refractivity contribution in [2.24, 2.45) is 5.92 Å². The molecular weight excluding hydrogens is 384 g/mol. The molecule has 0 radical (unpaired) electrons. The van der Waals surface area contributed by atoms with E-state index in [-0.39, 0.29) is 35.6 Å². The van der Waals surface area contributed by atoms with Gasteiger partial charge >= 0.3 is 11.7 Å². The smallest absolute Gasteiger partial charge is 0.349 e. The summed E-state index contributed by atoms with van der Waals surface area (Å²) in [5.74, 6) is 0.329. The fourth-order valence-electron chi connectivity index (χ4n) is 4.01. The first kappa shape index (κ1) is 21.8. The number of carbonyl (C=O) groups excluding carboxylic acids is 1. The first-order valence-corrected chi connectivity index (χ1v) is 10.3. The summed E-state index contributed by atoms with van der Waals surface area (Å²) in [6.45, 7) is 7.62. The van der Waals surface area contributed by atoms with Crippen molar-refractivity contribution in [3.63, 3.8) is 0 Å². The van der Waals surface area contributed by atoms with Crippen molar-refractivity contribution in [2.45, 2.75) is 45.8 Å². The number of nitrogen functional groups attached to an aromatic ring is 1. The van der Waals surface area contributed by atoms with Crippen LogP contribution in [0.1, 0.15) is 39.7 Å². The summed E-state index contributed by atoms with van der Waals surface area (Å²) in [6.07, 6.45) is 9.92. The Kier molecular flexibility index (Phi) is 7.04. The lowest BCUT2D eigenvalue weighted by Crippen LogP contribution is -2.42. The zero-order chi connectivity index (χ0) is 21.7. The van der Waals surface area contributed by atoms with Gasteiger partial charge in [-0.1, -0.05) is 25.5 Å². The first-order chi connectivity index (χ1) is 14.4. The van der Waals surface area contributed by atoms with Crippen molar-refractivity contribution in [1.29, 1.82) is 0 Å². The van der Waals surface area contributed by atoms with Gasteiger partial charge in [-0.05, 0) is 25.8 Å². The van der Waals surface area contributed by atoms with Gasteiger partial charge in [0.25, 0.3) is 0 Å². The monoisotopic (exact) mass is 414 g/mol. The van der Waals surface area contributed by atoms with E-state index in [9.17, 15) is 9.59 Å². The minimum absolute atomic E-state index is 0.122. The van der Waals surface area contributed by atoms with Gasteiger partial charge in [-0.3, -0.25) is 9.13 Å². The summed E-state index contributed by atoms with van der Waals surface area (Å²) >= 11 is 0. The van der Waals surface area contributed by atoms with E-state index in [0.29, 0.717) is 26.1 Å². The van der Waals surface area contributed by atoms with Crippen LogP contribution in [0.25, 0.3) is 0 Å². The number of hydrogen-bond acceptors (Lipinski definition) is 6. The van der Waals surface area contributed by atoms with Crippen molar-refractivity contribution in [1.82, 2.24) is 24.0 Å². The summed E-state index contributed by atoms with van der Waals surface area (Å²) < 4.78 is 9.33. The largest absolute Gasteiger partial charge is 0.383 e. The fraction of sp³-hybridized carbons (Fsp3) is 0.524. The Morgan fingerprint density at radius 2 is 2.17 bits per heavy atom. The highest BCUT2D eigenvalue weighted by Gasteiger charge is 2.33. The fourth-order valence-corrected chi connectivity index (χ4v) is 4.01. The number of imidazole rings is 1. The Morgan fingerprint density at radius 3 is 2.83 bits per heavy atom.